The minimum Gasteiger partial charge on any atom is -0.462 e. The van der Waals surface area contributed by atoms with Crippen LogP contribution < -0.4 is 0 Å². The second kappa shape index (κ2) is 38.6. The normalized spacial score (nSPS) is 21.1. The van der Waals surface area contributed by atoms with Gasteiger partial charge in [-0.15, -0.1) is 0 Å². The summed E-state index contributed by atoms with van der Waals surface area (Å²) in [5.41, 5.74) is 0. The van der Waals surface area contributed by atoms with Crippen molar-refractivity contribution in [3.63, 3.8) is 0 Å². The molecule has 0 spiro atoms. The van der Waals surface area contributed by atoms with Crippen molar-refractivity contribution in [2.45, 2.75) is 166 Å². The molecule has 0 aromatic rings. The molecular weight excluding hydrogens is 749 g/mol. The third-order valence-electron chi connectivity index (χ3n) is 9.17. The molecular formula is C49H76O10. The molecule has 59 heavy (non-hydrogen) atoms. The van der Waals surface area contributed by atoms with Crippen LogP contribution in [0.15, 0.2) is 109 Å². The first-order valence-electron chi connectivity index (χ1n) is 22.0. The van der Waals surface area contributed by atoms with Gasteiger partial charge >= 0.3 is 11.9 Å². The van der Waals surface area contributed by atoms with Crippen LogP contribution in [-0.4, -0.2) is 89.0 Å². The summed E-state index contributed by atoms with van der Waals surface area (Å²) in [5.74, 6) is -0.938. The Bertz CT molecular complexity index is 1320. The van der Waals surface area contributed by atoms with Crippen molar-refractivity contribution in [3.05, 3.63) is 109 Å². The molecule has 4 N–H and O–H groups in total. The number of carbonyl (C=O) groups excluding carboxylic acids is 2. The number of aliphatic hydroxyl groups excluding tert-OH is 4. The van der Waals surface area contributed by atoms with E-state index in [4.69, 9.17) is 18.9 Å². The lowest BCUT2D eigenvalue weighted by atomic mass is 9.99. The van der Waals surface area contributed by atoms with Gasteiger partial charge in [-0.25, -0.2) is 0 Å². The minimum atomic E-state index is -1.62. The van der Waals surface area contributed by atoms with Gasteiger partial charge in [-0.05, 0) is 83.5 Å². The SMILES string of the molecule is CC/C=C\C/C=C\C/C=C\C/C=C\C/C=C\C/C=C\CCC(=O)OC(COC(=O)CCCCCCC/C=C\C/C=C\C/C=C\CC)COC1OC(CO)C(O)C(O)C1O. The maximum atomic E-state index is 12.7. The molecule has 0 radical (unpaired) electrons. The molecule has 0 saturated carbocycles. The third-order valence-corrected chi connectivity index (χ3v) is 9.17. The van der Waals surface area contributed by atoms with Crippen LogP contribution in [0.4, 0.5) is 0 Å². The third kappa shape index (κ3) is 30.1. The molecule has 1 fully saturated rings. The molecule has 1 rings (SSSR count). The lowest BCUT2D eigenvalue weighted by Crippen LogP contribution is -2.59. The van der Waals surface area contributed by atoms with Crippen LogP contribution in [0, 0.1) is 0 Å². The van der Waals surface area contributed by atoms with Crippen molar-refractivity contribution in [2.24, 2.45) is 0 Å². The van der Waals surface area contributed by atoms with Crippen molar-refractivity contribution in [2.75, 3.05) is 19.8 Å². The van der Waals surface area contributed by atoms with E-state index in [2.05, 4.69) is 111 Å². The highest BCUT2D eigenvalue weighted by molar-refractivity contribution is 5.70. The highest BCUT2D eigenvalue weighted by Crippen LogP contribution is 2.22. The predicted octanol–water partition coefficient (Wildman–Crippen LogP) is 9.33. The topological polar surface area (TPSA) is 152 Å². The molecule has 0 amide bonds. The summed E-state index contributed by atoms with van der Waals surface area (Å²) in [6, 6.07) is 0. The Kier molecular flexibility index (Phi) is 34.9. The number of allylic oxidation sites excluding steroid dienone is 18. The van der Waals surface area contributed by atoms with E-state index in [9.17, 15) is 30.0 Å². The standard InChI is InChI=1S/C49H76O10/c1-3-5-7-9-11-13-15-17-19-20-21-22-24-26-28-30-32-34-36-38-45(52)58-42(41-57-49-48(55)47(54)46(53)43(39-50)59-49)40-56-44(51)37-35-33-31-29-27-25-23-18-16-14-12-10-8-6-4-2/h5-8,11-14,17-19,21-23,26,28,32,34,42-43,46-50,53-55H,3-4,9-10,15-16,20,24-25,27,29-31,33,35-41H2,1-2H3/b7-5-,8-6-,13-11-,14-12-,19-17-,22-21-,23-18-,28-26-,34-32-. The quantitative estimate of drug-likeness (QED) is 0.0281. The summed E-state index contributed by atoms with van der Waals surface area (Å²) in [6.45, 7) is 3.07. The average molecular weight is 825 g/mol. The van der Waals surface area contributed by atoms with Crippen LogP contribution >= 0.6 is 0 Å². The first-order chi connectivity index (χ1) is 28.8. The smallest absolute Gasteiger partial charge is 0.306 e. The first kappa shape index (κ1) is 53.4. The summed E-state index contributed by atoms with van der Waals surface area (Å²) < 4.78 is 22.0. The Morgan fingerprint density at radius 2 is 0.983 bits per heavy atom. The van der Waals surface area contributed by atoms with E-state index in [-0.39, 0.29) is 26.1 Å². The Morgan fingerprint density at radius 1 is 0.525 bits per heavy atom. The zero-order valence-electron chi connectivity index (χ0n) is 35.9. The predicted molar refractivity (Wildman–Crippen MR) is 237 cm³/mol. The number of esters is 2. The van der Waals surface area contributed by atoms with Gasteiger partial charge in [0.25, 0.3) is 0 Å². The van der Waals surface area contributed by atoms with Crippen LogP contribution in [0.1, 0.15) is 129 Å². The van der Waals surface area contributed by atoms with Crippen LogP contribution in [0.5, 0.6) is 0 Å². The number of unbranched alkanes of at least 4 members (excludes halogenated alkanes) is 5. The summed E-state index contributed by atoms with van der Waals surface area (Å²) in [6.07, 6.45) is 45.3. The van der Waals surface area contributed by atoms with Gasteiger partial charge in [0, 0.05) is 12.8 Å². The van der Waals surface area contributed by atoms with Crippen molar-refractivity contribution in [3.8, 4) is 0 Å². The lowest BCUT2D eigenvalue weighted by Gasteiger charge is -2.39. The van der Waals surface area contributed by atoms with E-state index in [1.807, 2.05) is 12.2 Å². The van der Waals surface area contributed by atoms with Gasteiger partial charge < -0.3 is 39.4 Å². The van der Waals surface area contributed by atoms with Crippen molar-refractivity contribution in [1.29, 1.82) is 0 Å². The number of rotatable bonds is 34. The van der Waals surface area contributed by atoms with Gasteiger partial charge in [-0.1, -0.05) is 142 Å². The van der Waals surface area contributed by atoms with Gasteiger partial charge in [0.2, 0.25) is 0 Å². The molecule has 1 aliphatic heterocycles. The van der Waals surface area contributed by atoms with Gasteiger partial charge in [-0.3, -0.25) is 9.59 Å². The van der Waals surface area contributed by atoms with Crippen molar-refractivity contribution >= 4 is 11.9 Å². The molecule has 0 aromatic heterocycles. The molecule has 6 unspecified atom stereocenters. The molecule has 0 aromatic carbocycles. The van der Waals surface area contributed by atoms with E-state index in [0.29, 0.717) is 12.8 Å². The molecule has 1 heterocycles. The van der Waals surface area contributed by atoms with E-state index >= 15 is 0 Å². The van der Waals surface area contributed by atoms with Crippen LogP contribution in [0.2, 0.25) is 0 Å². The Labute approximate surface area is 355 Å². The van der Waals surface area contributed by atoms with Gasteiger partial charge in [0.05, 0.1) is 13.2 Å². The fraction of sp³-hybridized carbons (Fsp3) is 0.592. The van der Waals surface area contributed by atoms with Crippen molar-refractivity contribution < 1.29 is 49.0 Å². The Hall–Kier alpha value is -3.64. The molecule has 0 aliphatic carbocycles. The zero-order valence-corrected chi connectivity index (χ0v) is 35.9. The minimum absolute atomic E-state index is 0.0937. The number of hydrogen-bond acceptors (Lipinski definition) is 10. The first-order valence-corrected chi connectivity index (χ1v) is 22.0. The zero-order chi connectivity index (χ0) is 43.0. The lowest BCUT2D eigenvalue weighted by molar-refractivity contribution is -0.305. The van der Waals surface area contributed by atoms with Gasteiger partial charge in [0.1, 0.15) is 31.0 Å². The summed E-state index contributed by atoms with van der Waals surface area (Å²) in [5, 5.41) is 40.1. The maximum Gasteiger partial charge on any atom is 0.306 e. The number of hydrogen-bond donors (Lipinski definition) is 4. The highest BCUT2D eigenvalue weighted by Gasteiger charge is 2.44. The maximum absolute atomic E-state index is 12.7. The number of aliphatic hydroxyl groups is 4. The largest absolute Gasteiger partial charge is 0.462 e. The van der Waals surface area contributed by atoms with E-state index in [1.165, 1.54) is 0 Å². The fourth-order valence-corrected chi connectivity index (χ4v) is 5.76. The van der Waals surface area contributed by atoms with Crippen LogP contribution in [-0.2, 0) is 28.5 Å². The molecule has 1 aliphatic rings. The summed E-state index contributed by atoms with van der Waals surface area (Å²) in [4.78, 5) is 25.3. The number of carbonyl (C=O) groups is 2. The summed E-state index contributed by atoms with van der Waals surface area (Å²) >= 11 is 0. The van der Waals surface area contributed by atoms with E-state index in [1.54, 1.807) is 0 Å². The van der Waals surface area contributed by atoms with E-state index < -0.39 is 55.4 Å². The molecule has 332 valence electrons. The van der Waals surface area contributed by atoms with E-state index in [0.717, 1.165) is 89.9 Å². The highest BCUT2D eigenvalue weighted by atomic mass is 16.7. The molecule has 10 nitrogen and oxygen atoms in total. The van der Waals surface area contributed by atoms with Crippen molar-refractivity contribution in [1.82, 2.24) is 0 Å². The van der Waals surface area contributed by atoms with Gasteiger partial charge in [0.15, 0.2) is 12.4 Å². The molecule has 10 heteroatoms. The Balaban J connectivity index is 2.43. The Morgan fingerprint density at radius 3 is 1.49 bits per heavy atom. The molecule has 1 saturated heterocycles. The molecule has 0 bridgehead atoms. The fourth-order valence-electron chi connectivity index (χ4n) is 5.76. The van der Waals surface area contributed by atoms with Gasteiger partial charge in [-0.2, -0.15) is 0 Å². The number of ether oxygens (including phenoxy) is 4. The van der Waals surface area contributed by atoms with Crippen LogP contribution in [0.25, 0.3) is 0 Å². The molecule has 6 atom stereocenters. The monoisotopic (exact) mass is 825 g/mol. The second-order valence-electron chi connectivity index (χ2n) is 14.4. The summed E-state index contributed by atoms with van der Waals surface area (Å²) in [7, 11) is 0. The van der Waals surface area contributed by atoms with Crippen LogP contribution in [0.3, 0.4) is 0 Å². The second-order valence-corrected chi connectivity index (χ2v) is 14.4. The average Bonchev–Trinajstić information content (AvgIpc) is 3.23.